The SMILES string of the molecule is CCOC(CC)Oc1c(O)cc(C(CC(C)C)C(C)C)cc1CCOC(C)Oc1cccc(C(CC(C)(C)C)C(C)C)c1. The lowest BCUT2D eigenvalue weighted by Crippen LogP contribution is -2.21. The molecule has 4 unspecified atom stereocenters. The van der Waals surface area contributed by atoms with Crippen LogP contribution < -0.4 is 9.47 Å². The van der Waals surface area contributed by atoms with E-state index in [1.165, 1.54) is 5.56 Å². The number of ether oxygens (including phenoxy) is 4. The number of phenolic OH excluding ortho intramolecular Hbond substituents is 1. The van der Waals surface area contributed by atoms with Gasteiger partial charge in [0.2, 0.25) is 0 Å². The molecule has 2 rings (SSSR count). The molecule has 2 aromatic carbocycles. The molecular weight excluding hydrogens is 536 g/mol. The molecule has 0 saturated carbocycles. The van der Waals surface area contributed by atoms with Gasteiger partial charge in [0.25, 0.3) is 0 Å². The quantitative estimate of drug-likeness (QED) is 0.173. The van der Waals surface area contributed by atoms with Gasteiger partial charge in [-0.25, -0.2) is 0 Å². The van der Waals surface area contributed by atoms with E-state index in [-0.39, 0.29) is 11.2 Å². The predicted octanol–water partition coefficient (Wildman–Crippen LogP) is 10.5. The van der Waals surface area contributed by atoms with Gasteiger partial charge in [0, 0.05) is 18.6 Å². The average molecular weight is 599 g/mol. The summed E-state index contributed by atoms with van der Waals surface area (Å²) in [6.45, 7) is 27.4. The van der Waals surface area contributed by atoms with Crippen LogP contribution in [-0.4, -0.2) is 30.9 Å². The van der Waals surface area contributed by atoms with Crippen LogP contribution in [0.15, 0.2) is 36.4 Å². The second-order valence-corrected chi connectivity index (χ2v) is 14.4. The van der Waals surface area contributed by atoms with Crippen LogP contribution in [0, 0.1) is 23.2 Å². The zero-order valence-corrected chi connectivity index (χ0v) is 29.3. The van der Waals surface area contributed by atoms with Gasteiger partial charge in [-0.1, -0.05) is 87.4 Å². The van der Waals surface area contributed by atoms with Gasteiger partial charge in [-0.2, -0.15) is 0 Å². The summed E-state index contributed by atoms with van der Waals surface area (Å²) in [5.74, 6) is 3.83. The topological polar surface area (TPSA) is 57.2 Å². The largest absolute Gasteiger partial charge is 0.504 e. The standard InChI is InChI=1S/C38H62O5/c1-13-36(40-14-2)43-37-30(21-31(23-35(37)39)33(26(5)6)20-25(3)4)18-19-41-28(9)42-32-17-15-16-29(22-32)34(27(7)8)24-38(10,11)12/h15-17,21-23,25-28,33-34,36,39H,13-14,18-20,24H2,1-12H3. The van der Waals surface area contributed by atoms with E-state index in [0.29, 0.717) is 61.4 Å². The third kappa shape index (κ3) is 12.3. The van der Waals surface area contributed by atoms with Crippen molar-refractivity contribution in [3.8, 4) is 17.2 Å². The maximum Gasteiger partial charge on any atom is 0.199 e. The monoisotopic (exact) mass is 598 g/mol. The van der Waals surface area contributed by atoms with Crippen molar-refractivity contribution in [3.05, 3.63) is 53.1 Å². The van der Waals surface area contributed by atoms with E-state index < -0.39 is 12.6 Å². The first-order valence-electron chi connectivity index (χ1n) is 16.7. The van der Waals surface area contributed by atoms with E-state index >= 15 is 0 Å². The number of hydrogen-bond donors (Lipinski definition) is 1. The van der Waals surface area contributed by atoms with Crippen LogP contribution in [0.1, 0.15) is 131 Å². The third-order valence-corrected chi connectivity index (χ3v) is 8.01. The van der Waals surface area contributed by atoms with Crippen molar-refractivity contribution >= 4 is 0 Å². The molecule has 43 heavy (non-hydrogen) atoms. The van der Waals surface area contributed by atoms with Crippen molar-refractivity contribution in [2.45, 2.75) is 133 Å². The van der Waals surface area contributed by atoms with E-state index in [2.05, 4.69) is 86.6 Å². The fraction of sp³-hybridized carbons (Fsp3) is 0.684. The number of rotatable bonds is 18. The molecule has 0 fully saturated rings. The van der Waals surface area contributed by atoms with Crippen LogP contribution in [-0.2, 0) is 15.9 Å². The minimum atomic E-state index is -0.423. The second kappa shape index (κ2) is 17.3. The smallest absolute Gasteiger partial charge is 0.199 e. The second-order valence-electron chi connectivity index (χ2n) is 14.4. The fourth-order valence-electron chi connectivity index (χ4n) is 5.86. The van der Waals surface area contributed by atoms with Crippen LogP contribution in [0.3, 0.4) is 0 Å². The van der Waals surface area contributed by atoms with Crippen LogP contribution >= 0.6 is 0 Å². The Balaban J connectivity index is 2.22. The third-order valence-electron chi connectivity index (χ3n) is 8.01. The lowest BCUT2D eigenvalue weighted by atomic mass is 9.76. The van der Waals surface area contributed by atoms with E-state index in [1.54, 1.807) is 0 Å². The molecule has 2 aromatic rings. The minimum Gasteiger partial charge on any atom is -0.504 e. The van der Waals surface area contributed by atoms with Gasteiger partial charge in [-0.15, -0.1) is 0 Å². The predicted molar refractivity (Wildman–Crippen MR) is 179 cm³/mol. The van der Waals surface area contributed by atoms with Crippen LogP contribution in [0.5, 0.6) is 17.2 Å². The van der Waals surface area contributed by atoms with Crippen molar-refractivity contribution < 1.29 is 24.1 Å². The summed E-state index contributed by atoms with van der Waals surface area (Å²) in [6.07, 6.45) is 2.60. The van der Waals surface area contributed by atoms with Gasteiger partial charge >= 0.3 is 0 Å². The Labute approximate surface area is 263 Å². The molecule has 0 amide bonds. The van der Waals surface area contributed by atoms with Gasteiger partial charge in [0.05, 0.1) is 6.61 Å². The lowest BCUT2D eigenvalue weighted by Gasteiger charge is -2.29. The molecule has 5 nitrogen and oxygen atoms in total. The van der Waals surface area contributed by atoms with Crippen molar-refractivity contribution in [2.24, 2.45) is 23.2 Å². The highest BCUT2D eigenvalue weighted by Gasteiger charge is 2.25. The minimum absolute atomic E-state index is 0.163. The molecule has 0 radical (unpaired) electrons. The van der Waals surface area contributed by atoms with Crippen LogP contribution in [0.25, 0.3) is 0 Å². The van der Waals surface area contributed by atoms with E-state index in [0.717, 1.165) is 29.7 Å². The Morgan fingerprint density at radius 3 is 2.02 bits per heavy atom. The zero-order chi connectivity index (χ0) is 32.3. The highest BCUT2D eigenvalue weighted by molar-refractivity contribution is 5.50. The summed E-state index contributed by atoms with van der Waals surface area (Å²) >= 11 is 0. The molecule has 1 N–H and O–H groups in total. The summed E-state index contributed by atoms with van der Waals surface area (Å²) in [5, 5.41) is 11.2. The highest BCUT2D eigenvalue weighted by Crippen LogP contribution is 2.40. The first-order chi connectivity index (χ1) is 20.1. The Kier molecular flexibility index (Phi) is 14.9. The van der Waals surface area contributed by atoms with Gasteiger partial charge in [-0.05, 0) is 97.4 Å². The van der Waals surface area contributed by atoms with E-state index in [4.69, 9.17) is 18.9 Å². The van der Waals surface area contributed by atoms with E-state index in [9.17, 15) is 5.11 Å². The number of aromatic hydroxyl groups is 1. The zero-order valence-electron chi connectivity index (χ0n) is 29.3. The number of hydrogen-bond acceptors (Lipinski definition) is 5. The Morgan fingerprint density at radius 1 is 0.791 bits per heavy atom. The Bertz CT molecular complexity index is 1080. The molecule has 0 aromatic heterocycles. The van der Waals surface area contributed by atoms with Crippen molar-refractivity contribution in [2.75, 3.05) is 13.2 Å². The first-order valence-corrected chi connectivity index (χ1v) is 16.7. The van der Waals surface area contributed by atoms with Crippen molar-refractivity contribution in [1.82, 2.24) is 0 Å². The first kappa shape index (κ1) is 36.9. The molecule has 5 heteroatoms. The molecule has 244 valence electrons. The Morgan fingerprint density at radius 2 is 1.47 bits per heavy atom. The summed E-state index contributed by atoms with van der Waals surface area (Å²) < 4.78 is 24.4. The normalized spacial score (nSPS) is 15.1. The summed E-state index contributed by atoms with van der Waals surface area (Å²) in [4.78, 5) is 0. The molecule has 0 saturated heterocycles. The highest BCUT2D eigenvalue weighted by atomic mass is 16.7. The average Bonchev–Trinajstić information content (AvgIpc) is 2.90. The fourth-order valence-corrected chi connectivity index (χ4v) is 5.86. The van der Waals surface area contributed by atoms with Crippen LogP contribution in [0.2, 0.25) is 0 Å². The summed E-state index contributed by atoms with van der Waals surface area (Å²) in [7, 11) is 0. The van der Waals surface area contributed by atoms with Gasteiger partial charge in [0.1, 0.15) is 5.75 Å². The van der Waals surface area contributed by atoms with Crippen molar-refractivity contribution in [1.29, 1.82) is 0 Å². The van der Waals surface area contributed by atoms with E-state index in [1.807, 2.05) is 32.9 Å². The Hall–Kier alpha value is -2.24. The van der Waals surface area contributed by atoms with Crippen molar-refractivity contribution in [3.63, 3.8) is 0 Å². The number of benzene rings is 2. The lowest BCUT2D eigenvalue weighted by molar-refractivity contribution is -0.0793. The molecule has 4 atom stereocenters. The van der Waals surface area contributed by atoms with Gasteiger partial charge in [-0.3, -0.25) is 0 Å². The maximum absolute atomic E-state index is 11.2. The summed E-state index contributed by atoms with van der Waals surface area (Å²) in [6, 6.07) is 12.5. The molecule has 0 spiro atoms. The van der Waals surface area contributed by atoms with Crippen LogP contribution in [0.4, 0.5) is 0 Å². The summed E-state index contributed by atoms with van der Waals surface area (Å²) in [5.41, 5.74) is 3.63. The molecule has 0 aliphatic rings. The molecule has 0 bridgehead atoms. The number of phenols is 1. The molecular formula is C38H62O5. The molecule has 0 heterocycles. The maximum atomic E-state index is 11.2. The molecule has 0 aliphatic carbocycles. The van der Waals surface area contributed by atoms with Gasteiger partial charge in [0.15, 0.2) is 24.1 Å². The molecule has 0 aliphatic heterocycles. The van der Waals surface area contributed by atoms with Gasteiger partial charge < -0.3 is 24.1 Å².